The monoisotopic (exact) mass is 496 g/mol. The Morgan fingerprint density at radius 1 is 1.03 bits per heavy atom. The quantitative estimate of drug-likeness (QED) is 0.285. The standard InChI is InChI=1S/C26H17F4N3OS/c1-14-8-17(3-5-20(14)27)25-18(16-4-6-21-23(10-16)35-13-32-21)11-24(33-25)31-12-15-2-7-22(34)19(9-15)26(28,29)30/h2-11,13,34H,12H2,1H3/p+1. The molecule has 0 saturated heterocycles. The van der Waals surface area contributed by atoms with Crippen molar-refractivity contribution in [3.8, 4) is 5.75 Å². The van der Waals surface area contributed by atoms with Crippen LogP contribution in [-0.4, -0.2) is 21.6 Å². The van der Waals surface area contributed by atoms with Gasteiger partial charge in [-0.05, 0) is 66.1 Å². The molecule has 0 unspecified atom stereocenters. The highest BCUT2D eigenvalue weighted by molar-refractivity contribution is 7.16. The summed E-state index contributed by atoms with van der Waals surface area (Å²) in [4.78, 5) is 4.31. The van der Waals surface area contributed by atoms with Gasteiger partial charge in [0.25, 0.3) is 0 Å². The summed E-state index contributed by atoms with van der Waals surface area (Å²) < 4.78 is 59.0. The zero-order chi connectivity index (χ0) is 24.7. The van der Waals surface area contributed by atoms with Gasteiger partial charge in [0.15, 0.2) is 0 Å². The molecule has 1 aliphatic rings. The molecule has 0 aliphatic carbocycles. The number of benzene rings is 3. The fraction of sp³-hybridized carbons (Fsp3) is 0.115. The maximum Gasteiger partial charge on any atom is 0.419 e. The van der Waals surface area contributed by atoms with Crippen LogP contribution in [0.15, 0.2) is 66.2 Å². The lowest BCUT2D eigenvalue weighted by Crippen LogP contribution is -2.22. The third kappa shape index (κ3) is 4.56. The highest BCUT2D eigenvalue weighted by Gasteiger charge is 2.34. The maximum absolute atomic E-state index is 13.9. The van der Waals surface area contributed by atoms with E-state index in [1.165, 1.54) is 23.5 Å². The second kappa shape index (κ2) is 8.69. The van der Waals surface area contributed by atoms with Crippen molar-refractivity contribution in [2.24, 2.45) is 0 Å². The molecule has 4 nitrogen and oxygen atoms in total. The second-order valence-electron chi connectivity index (χ2n) is 8.11. The Morgan fingerprint density at radius 2 is 1.83 bits per heavy atom. The molecule has 176 valence electrons. The lowest BCUT2D eigenvalue weighted by molar-refractivity contribution is -0.138. The molecule has 0 amide bonds. The fourth-order valence-corrected chi connectivity index (χ4v) is 4.59. The van der Waals surface area contributed by atoms with E-state index in [1.807, 2.05) is 24.3 Å². The Bertz CT molecular complexity index is 1560. The molecule has 2 N–H and O–H groups in total. The number of aryl methyl sites for hydroxylation is 1. The van der Waals surface area contributed by atoms with Crippen LogP contribution >= 0.6 is 11.3 Å². The fourth-order valence-electron chi connectivity index (χ4n) is 3.88. The van der Waals surface area contributed by atoms with Crippen molar-refractivity contribution >= 4 is 38.7 Å². The summed E-state index contributed by atoms with van der Waals surface area (Å²) in [7, 11) is 0. The molecule has 0 atom stereocenters. The number of nitrogens with one attached hydrogen (secondary N) is 1. The van der Waals surface area contributed by atoms with Crippen LogP contribution in [0.3, 0.4) is 0 Å². The van der Waals surface area contributed by atoms with Gasteiger partial charge >= 0.3 is 12.0 Å². The third-order valence-electron chi connectivity index (χ3n) is 5.68. The molecule has 0 fully saturated rings. The van der Waals surface area contributed by atoms with Crippen molar-refractivity contribution < 1.29 is 22.7 Å². The number of nitrogens with zero attached hydrogens (tertiary/aromatic N) is 2. The Balaban J connectivity index is 1.51. The van der Waals surface area contributed by atoms with E-state index in [2.05, 4.69) is 15.0 Å². The molecular formula is C26H18F4N3OS+. The number of alkyl halides is 3. The van der Waals surface area contributed by atoms with Crippen LogP contribution in [0.1, 0.15) is 27.8 Å². The highest BCUT2D eigenvalue weighted by Crippen LogP contribution is 2.36. The molecule has 9 heteroatoms. The van der Waals surface area contributed by atoms with Gasteiger partial charge in [-0.2, -0.15) is 13.2 Å². The largest absolute Gasteiger partial charge is 0.507 e. The van der Waals surface area contributed by atoms with Crippen molar-refractivity contribution in [3.05, 3.63) is 99.8 Å². The Labute approximate surface area is 201 Å². The molecule has 0 bridgehead atoms. The number of amidine groups is 1. The van der Waals surface area contributed by atoms with Crippen molar-refractivity contribution in [1.29, 1.82) is 0 Å². The molecule has 2 heterocycles. The number of rotatable bonds is 4. The van der Waals surface area contributed by atoms with Gasteiger partial charge in [-0.25, -0.2) is 14.0 Å². The number of allylic oxidation sites excluding steroid dienone is 1. The summed E-state index contributed by atoms with van der Waals surface area (Å²) in [5.41, 5.74) is 5.41. The predicted molar refractivity (Wildman–Crippen MR) is 130 cm³/mol. The number of phenols is 1. The van der Waals surface area contributed by atoms with E-state index in [0.717, 1.165) is 39.0 Å². The second-order valence-corrected chi connectivity index (χ2v) is 8.99. The smallest absolute Gasteiger partial charge is 0.419 e. The minimum Gasteiger partial charge on any atom is -0.507 e. The number of phenolic OH excluding ortho intramolecular Hbond substituents is 1. The number of thiazole rings is 1. The SMILES string of the molecule is Cc1cc(C2=[N+]=C(NCc3ccc(O)c(C(F)(F)F)c3)C=C2c2ccc3ncsc3c2)ccc1F. The number of halogens is 4. The van der Waals surface area contributed by atoms with Crippen LogP contribution in [0.2, 0.25) is 0 Å². The first-order valence-corrected chi connectivity index (χ1v) is 11.5. The van der Waals surface area contributed by atoms with Gasteiger partial charge in [-0.1, -0.05) is 12.1 Å². The average Bonchev–Trinajstić information content (AvgIpc) is 3.46. The van der Waals surface area contributed by atoms with Crippen molar-refractivity contribution in [3.63, 3.8) is 0 Å². The predicted octanol–water partition coefficient (Wildman–Crippen LogP) is 5.61. The van der Waals surface area contributed by atoms with E-state index >= 15 is 0 Å². The van der Waals surface area contributed by atoms with E-state index in [9.17, 15) is 22.7 Å². The van der Waals surface area contributed by atoms with Crippen LogP contribution in [0.4, 0.5) is 17.6 Å². The van der Waals surface area contributed by atoms with Crippen LogP contribution in [0, 0.1) is 12.7 Å². The summed E-state index contributed by atoms with van der Waals surface area (Å²) >= 11 is 1.51. The van der Waals surface area contributed by atoms with Crippen LogP contribution < -0.4 is 9.98 Å². The number of hydrogen-bond donors (Lipinski definition) is 2. The lowest BCUT2D eigenvalue weighted by atomic mass is 9.95. The summed E-state index contributed by atoms with van der Waals surface area (Å²) in [6.45, 7) is 1.74. The van der Waals surface area contributed by atoms with E-state index in [0.29, 0.717) is 22.7 Å². The van der Waals surface area contributed by atoms with E-state index in [1.54, 1.807) is 24.6 Å². The zero-order valence-electron chi connectivity index (χ0n) is 18.3. The zero-order valence-corrected chi connectivity index (χ0v) is 19.1. The van der Waals surface area contributed by atoms with Gasteiger partial charge in [-0.15, -0.1) is 11.3 Å². The summed E-state index contributed by atoms with van der Waals surface area (Å²) in [5, 5.41) is 12.6. The Hall–Kier alpha value is -3.94. The molecule has 35 heavy (non-hydrogen) atoms. The van der Waals surface area contributed by atoms with Crippen LogP contribution in [0.25, 0.3) is 15.8 Å². The van der Waals surface area contributed by atoms with Gasteiger partial charge in [0.05, 0.1) is 32.9 Å². The third-order valence-corrected chi connectivity index (χ3v) is 6.47. The van der Waals surface area contributed by atoms with Gasteiger partial charge < -0.3 is 5.11 Å². The Morgan fingerprint density at radius 3 is 2.60 bits per heavy atom. The summed E-state index contributed by atoms with van der Waals surface area (Å²) in [5.74, 6) is -0.676. The van der Waals surface area contributed by atoms with Crippen molar-refractivity contribution in [2.75, 3.05) is 0 Å². The van der Waals surface area contributed by atoms with Crippen LogP contribution in [-0.2, 0) is 12.7 Å². The molecule has 1 aromatic heterocycles. The van der Waals surface area contributed by atoms with E-state index in [-0.39, 0.29) is 12.4 Å². The van der Waals surface area contributed by atoms with E-state index < -0.39 is 17.5 Å². The molecule has 0 radical (unpaired) electrons. The Kier molecular flexibility index (Phi) is 5.67. The molecule has 1 aliphatic heterocycles. The van der Waals surface area contributed by atoms with Crippen molar-refractivity contribution in [2.45, 2.75) is 19.6 Å². The maximum atomic E-state index is 13.9. The number of hydrogen-bond acceptors (Lipinski definition) is 4. The topological polar surface area (TPSA) is 59.2 Å². The van der Waals surface area contributed by atoms with Crippen LogP contribution in [0.5, 0.6) is 5.75 Å². The normalized spacial score (nSPS) is 13.6. The van der Waals surface area contributed by atoms with E-state index in [4.69, 9.17) is 0 Å². The summed E-state index contributed by atoms with van der Waals surface area (Å²) in [6, 6.07) is 14.0. The lowest BCUT2D eigenvalue weighted by Gasteiger charge is -2.10. The van der Waals surface area contributed by atoms with Gasteiger partial charge in [0, 0.05) is 5.56 Å². The molecular weight excluding hydrogens is 478 g/mol. The molecule has 3 aromatic carbocycles. The molecule has 5 rings (SSSR count). The first-order valence-electron chi connectivity index (χ1n) is 10.6. The average molecular weight is 497 g/mol. The van der Waals surface area contributed by atoms with Gasteiger partial charge in [0.1, 0.15) is 18.1 Å². The highest BCUT2D eigenvalue weighted by atomic mass is 32.1. The van der Waals surface area contributed by atoms with Crippen molar-refractivity contribution in [1.82, 2.24) is 15.0 Å². The molecule has 4 aromatic rings. The van der Waals surface area contributed by atoms with Gasteiger partial charge in [-0.3, -0.25) is 5.32 Å². The minimum atomic E-state index is -4.66. The summed E-state index contributed by atoms with van der Waals surface area (Å²) in [6.07, 6.45) is -2.84. The first-order chi connectivity index (χ1) is 16.7. The number of fused-ring (bicyclic) bond motifs is 1. The number of aromatic hydroxyl groups is 1. The molecule has 0 saturated carbocycles. The number of aromatic nitrogens is 1. The first kappa shape index (κ1) is 22.8. The molecule has 0 spiro atoms. The van der Waals surface area contributed by atoms with Gasteiger partial charge in [0.2, 0.25) is 5.71 Å². The minimum absolute atomic E-state index is 0.0651.